The molecule has 0 aliphatic carbocycles. The van der Waals surface area contributed by atoms with Crippen LogP contribution in [0.25, 0.3) is 0 Å². The van der Waals surface area contributed by atoms with Crippen molar-refractivity contribution in [3.8, 4) is 0 Å². The lowest BCUT2D eigenvalue weighted by Gasteiger charge is -2.47. The number of ether oxygens (including phenoxy) is 6. The zero-order valence-electron chi connectivity index (χ0n) is 20.0. The molecule has 0 N–H and O–H groups in total. The fourth-order valence-electron chi connectivity index (χ4n) is 6.38. The van der Waals surface area contributed by atoms with E-state index in [4.69, 9.17) is 28.4 Å². The van der Waals surface area contributed by atoms with Gasteiger partial charge in [-0.1, -0.05) is 40.7 Å². The van der Waals surface area contributed by atoms with Crippen LogP contribution < -0.4 is 0 Å². The van der Waals surface area contributed by atoms with Crippen LogP contribution in [0, 0.1) is 0 Å². The van der Waals surface area contributed by atoms with Crippen LogP contribution in [0.15, 0.2) is 41.4 Å². The molecule has 6 saturated heterocycles. The van der Waals surface area contributed by atoms with Crippen molar-refractivity contribution in [2.75, 3.05) is 0 Å². The number of carbonyl (C=O) groups excluding carboxylic acids is 2. The molecule has 0 spiro atoms. The van der Waals surface area contributed by atoms with Crippen molar-refractivity contribution in [1.29, 1.82) is 0 Å². The van der Waals surface area contributed by atoms with Gasteiger partial charge in [-0.2, -0.15) is 0 Å². The Bertz CT molecular complexity index is 1000. The summed E-state index contributed by atoms with van der Waals surface area (Å²) < 4.78 is 39.0. The molecule has 1 aromatic carbocycles. The summed E-state index contributed by atoms with van der Waals surface area (Å²) in [4.78, 5) is 23.8. The molecule has 0 radical (unpaired) electrons. The molecule has 6 fully saturated rings. The number of fused-ring (bicyclic) bond motifs is 1. The van der Waals surface area contributed by atoms with Crippen LogP contribution in [0.1, 0.15) is 55.3 Å². The van der Waals surface area contributed by atoms with Gasteiger partial charge in [-0.3, -0.25) is 0 Å². The third-order valence-electron chi connectivity index (χ3n) is 7.97. The predicted molar refractivity (Wildman–Crippen MR) is 131 cm³/mol. The maximum Gasteiger partial charge on any atom is 0.338 e. The van der Waals surface area contributed by atoms with Crippen LogP contribution in [0.2, 0.25) is 0 Å². The zero-order chi connectivity index (χ0) is 24.9. The predicted octanol–water partition coefficient (Wildman–Crippen LogP) is 3.85. The first-order valence-corrected chi connectivity index (χ1v) is 13.6. The lowest BCUT2D eigenvalue weighted by Crippen LogP contribution is -2.61. The van der Waals surface area contributed by atoms with Gasteiger partial charge < -0.3 is 33.2 Å². The highest BCUT2D eigenvalue weighted by Crippen LogP contribution is 2.54. The Labute approximate surface area is 218 Å². The molecule has 8 nitrogen and oxygen atoms in total. The van der Waals surface area contributed by atoms with Crippen molar-refractivity contribution in [2.45, 2.75) is 106 Å². The second-order valence-electron chi connectivity index (χ2n) is 10.4. The van der Waals surface area contributed by atoms with Gasteiger partial charge in [0.05, 0.1) is 23.9 Å². The van der Waals surface area contributed by atoms with Crippen LogP contribution in [0.3, 0.4) is 0 Å². The average Bonchev–Trinajstić information content (AvgIpc) is 3.28. The number of halogens is 1. The molecule has 6 heterocycles. The van der Waals surface area contributed by atoms with Gasteiger partial charge in [-0.05, 0) is 35.9 Å². The third-order valence-corrected chi connectivity index (χ3v) is 8.29. The Hall–Kier alpha value is -1.62. The quantitative estimate of drug-likeness (QED) is 0.331. The van der Waals surface area contributed by atoms with Crippen LogP contribution >= 0.6 is 15.9 Å². The highest BCUT2D eigenvalue weighted by Gasteiger charge is 2.68. The lowest BCUT2D eigenvalue weighted by atomic mass is 9.87. The van der Waals surface area contributed by atoms with E-state index in [9.17, 15) is 9.59 Å². The minimum absolute atomic E-state index is 0.0993. The Morgan fingerprint density at radius 2 is 1.81 bits per heavy atom. The normalized spacial score (nSPS) is 40.8. The van der Waals surface area contributed by atoms with Gasteiger partial charge in [0.1, 0.15) is 42.9 Å². The molecule has 7 rings (SSSR count). The highest BCUT2D eigenvalue weighted by molar-refractivity contribution is 9.11. The van der Waals surface area contributed by atoms with E-state index < -0.39 is 11.9 Å². The van der Waals surface area contributed by atoms with Gasteiger partial charge in [-0.25, -0.2) is 4.79 Å². The van der Waals surface area contributed by atoms with Crippen LogP contribution in [-0.4, -0.2) is 73.0 Å². The molecule has 0 unspecified atom stereocenters. The van der Waals surface area contributed by atoms with Crippen molar-refractivity contribution in [2.24, 2.45) is 0 Å². The Morgan fingerprint density at radius 3 is 2.58 bits per heavy atom. The molecule has 0 aromatic heterocycles. The second kappa shape index (κ2) is 9.93. The lowest BCUT2D eigenvalue weighted by molar-refractivity contribution is -0.292. The molecular weight excluding hydrogens is 532 g/mol. The SMILES string of the molecule is C=C(Br)C[C@H](CC[C@]12C[C@H]3O[C@H]4[C@@H](O1)[C@H]1O[C@@H](CC=O)CC[C@@H]1O[C@H]4[C@H]3O2)OC(=O)c1ccccc1. The standard InChI is InChI=1S/C27H31BrO8/c1-15(28)13-18(32-26(30)16-5-3-2-4-6-16)9-11-27-14-20-22(35-27)23-24(34-20)25(36-27)21-19(33-23)8-7-17(31-21)10-12-29/h2-6,12,17-25H,1,7-11,13-14H2/t17-,18+,19+,20-,21+,22+,23+,24-,25+,27-/m1/s1. The van der Waals surface area contributed by atoms with E-state index in [0.29, 0.717) is 37.7 Å². The van der Waals surface area contributed by atoms with E-state index in [-0.39, 0.29) is 54.8 Å². The fourth-order valence-corrected chi connectivity index (χ4v) is 6.74. The maximum absolute atomic E-state index is 12.7. The van der Waals surface area contributed by atoms with Gasteiger partial charge in [0.15, 0.2) is 5.79 Å². The van der Waals surface area contributed by atoms with E-state index in [2.05, 4.69) is 22.5 Å². The molecule has 6 bridgehead atoms. The number of benzene rings is 1. The first-order valence-electron chi connectivity index (χ1n) is 12.8. The van der Waals surface area contributed by atoms with Gasteiger partial charge in [0.25, 0.3) is 0 Å². The largest absolute Gasteiger partial charge is 0.458 e. The number of rotatable bonds is 9. The maximum atomic E-state index is 12.7. The smallest absolute Gasteiger partial charge is 0.338 e. The van der Waals surface area contributed by atoms with E-state index in [1.807, 2.05) is 18.2 Å². The van der Waals surface area contributed by atoms with Gasteiger partial charge in [0.2, 0.25) is 0 Å². The summed E-state index contributed by atoms with van der Waals surface area (Å²) in [5, 5.41) is 0. The minimum atomic E-state index is -0.867. The summed E-state index contributed by atoms with van der Waals surface area (Å²) >= 11 is 3.42. The molecule has 10 atom stereocenters. The van der Waals surface area contributed by atoms with Crippen LogP contribution in [0.5, 0.6) is 0 Å². The minimum Gasteiger partial charge on any atom is -0.458 e. The Balaban J connectivity index is 1.18. The summed E-state index contributed by atoms with van der Waals surface area (Å²) in [6.45, 7) is 3.94. The number of hydrogen-bond donors (Lipinski definition) is 0. The van der Waals surface area contributed by atoms with Crippen molar-refractivity contribution in [3.05, 3.63) is 47.0 Å². The molecule has 6 aliphatic heterocycles. The highest BCUT2D eigenvalue weighted by atomic mass is 79.9. The number of carbonyl (C=O) groups is 2. The van der Waals surface area contributed by atoms with Gasteiger partial charge in [0, 0.05) is 25.7 Å². The zero-order valence-corrected chi connectivity index (χ0v) is 21.5. The molecule has 0 amide bonds. The number of aldehydes is 1. The van der Waals surface area contributed by atoms with E-state index in [0.717, 1.165) is 23.6 Å². The topological polar surface area (TPSA) is 89.5 Å². The number of hydrogen-bond acceptors (Lipinski definition) is 8. The van der Waals surface area contributed by atoms with Gasteiger partial charge >= 0.3 is 5.97 Å². The summed E-state index contributed by atoms with van der Waals surface area (Å²) in [6, 6.07) is 8.96. The van der Waals surface area contributed by atoms with Crippen LogP contribution in [-0.2, 0) is 33.2 Å². The summed E-state index contributed by atoms with van der Waals surface area (Å²) in [5.41, 5.74) is 0.509. The number of esters is 1. The van der Waals surface area contributed by atoms with Gasteiger partial charge in [-0.15, -0.1) is 0 Å². The molecule has 36 heavy (non-hydrogen) atoms. The third kappa shape index (κ3) is 4.59. The summed E-state index contributed by atoms with van der Waals surface area (Å²) in [7, 11) is 0. The summed E-state index contributed by atoms with van der Waals surface area (Å²) in [5.74, 6) is -1.23. The van der Waals surface area contributed by atoms with Crippen molar-refractivity contribution < 1.29 is 38.0 Å². The monoisotopic (exact) mass is 562 g/mol. The first-order chi connectivity index (χ1) is 17.4. The van der Waals surface area contributed by atoms with E-state index in [1.54, 1.807) is 12.1 Å². The molecule has 6 aliphatic rings. The van der Waals surface area contributed by atoms with Crippen molar-refractivity contribution >= 4 is 28.2 Å². The van der Waals surface area contributed by atoms with E-state index in [1.165, 1.54) is 0 Å². The molecule has 0 saturated carbocycles. The second-order valence-corrected chi connectivity index (χ2v) is 11.5. The first kappa shape index (κ1) is 24.7. The van der Waals surface area contributed by atoms with E-state index >= 15 is 0 Å². The van der Waals surface area contributed by atoms with Crippen LogP contribution in [0.4, 0.5) is 0 Å². The van der Waals surface area contributed by atoms with Crippen molar-refractivity contribution in [1.82, 2.24) is 0 Å². The summed E-state index contributed by atoms with van der Waals surface area (Å²) in [6.07, 6.45) is 3.01. The molecule has 194 valence electrons. The Kier molecular flexibility index (Phi) is 6.81. The molecule has 9 heteroatoms. The average molecular weight is 563 g/mol. The molecular formula is C27H31BrO8. The Morgan fingerprint density at radius 1 is 1.06 bits per heavy atom. The fraction of sp³-hybridized carbons (Fsp3) is 0.630. The molecule has 1 aromatic rings. The van der Waals surface area contributed by atoms with Crippen molar-refractivity contribution in [3.63, 3.8) is 0 Å².